The van der Waals surface area contributed by atoms with Crippen molar-refractivity contribution in [3.05, 3.63) is 0 Å². The maximum Gasteiger partial charge on any atom is 0.00965 e. The van der Waals surface area contributed by atoms with Gasteiger partial charge in [-0.2, -0.15) is 0 Å². The Bertz CT molecular complexity index is 249. The molecule has 2 nitrogen and oxygen atoms in total. The Balaban J connectivity index is 2.10. The van der Waals surface area contributed by atoms with Gasteiger partial charge in [0.05, 0.1) is 0 Å². The van der Waals surface area contributed by atoms with Gasteiger partial charge in [-0.05, 0) is 65.5 Å². The minimum atomic E-state index is 0.274. The van der Waals surface area contributed by atoms with Gasteiger partial charge >= 0.3 is 0 Å². The summed E-state index contributed by atoms with van der Waals surface area (Å²) >= 11 is 0. The van der Waals surface area contributed by atoms with Gasteiger partial charge in [-0.25, -0.2) is 0 Å². The molecule has 0 spiro atoms. The number of nitrogens with zero attached hydrogens (tertiary/aromatic N) is 1. The Labute approximate surface area is 134 Å². The molecule has 0 atom stereocenters. The van der Waals surface area contributed by atoms with Crippen LogP contribution in [0.5, 0.6) is 0 Å². The van der Waals surface area contributed by atoms with Crippen molar-refractivity contribution < 1.29 is 0 Å². The van der Waals surface area contributed by atoms with E-state index < -0.39 is 0 Å². The molecule has 0 amide bonds. The molecular weight excluding hydrogens is 256 g/mol. The summed E-state index contributed by atoms with van der Waals surface area (Å²) in [5, 5.41) is 3.58. The summed E-state index contributed by atoms with van der Waals surface area (Å²) in [6, 6.07) is 0.898. The average Bonchev–Trinajstić information content (AvgIpc) is 2.88. The molecule has 0 aromatic heterocycles. The second kappa shape index (κ2) is 9.84. The van der Waals surface area contributed by atoms with Crippen LogP contribution in [0.1, 0.15) is 86.0 Å². The molecular formula is C19H40N2. The van der Waals surface area contributed by atoms with Gasteiger partial charge < -0.3 is 10.2 Å². The first kappa shape index (κ1) is 19.0. The second-order valence-corrected chi connectivity index (χ2v) is 8.42. The monoisotopic (exact) mass is 296 g/mol. The molecule has 0 aromatic carbocycles. The zero-order chi connectivity index (χ0) is 15.7. The molecule has 0 saturated heterocycles. The Kier molecular flexibility index (Phi) is 8.89. The Morgan fingerprint density at radius 1 is 1.00 bits per heavy atom. The molecule has 1 aliphatic rings. The van der Waals surface area contributed by atoms with E-state index in [0.29, 0.717) is 0 Å². The minimum absolute atomic E-state index is 0.274. The molecule has 0 aromatic rings. The standard InChI is InChI=1S/C19H40N2/c1-17(2)16-21(18-12-8-9-13-18)15-11-7-6-10-14-20-19(3,4)5/h17-18,20H,6-16H2,1-5H3. The number of nitrogens with one attached hydrogen (secondary N) is 1. The minimum Gasteiger partial charge on any atom is -0.312 e. The van der Waals surface area contributed by atoms with Crippen LogP contribution in [-0.4, -0.2) is 36.1 Å². The lowest BCUT2D eigenvalue weighted by atomic mass is 10.1. The summed E-state index contributed by atoms with van der Waals surface area (Å²) in [6.07, 6.45) is 11.3. The summed E-state index contributed by atoms with van der Waals surface area (Å²) in [5.41, 5.74) is 0.274. The molecule has 21 heavy (non-hydrogen) atoms. The van der Waals surface area contributed by atoms with Crippen molar-refractivity contribution >= 4 is 0 Å². The fourth-order valence-corrected chi connectivity index (χ4v) is 3.42. The largest absolute Gasteiger partial charge is 0.312 e. The molecule has 0 bridgehead atoms. The lowest BCUT2D eigenvalue weighted by Crippen LogP contribution is -2.37. The van der Waals surface area contributed by atoms with Crippen molar-refractivity contribution in [1.29, 1.82) is 0 Å². The smallest absolute Gasteiger partial charge is 0.00965 e. The van der Waals surface area contributed by atoms with Crippen molar-refractivity contribution in [3.63, 3.8) is 0 Å². The van der Waals surface area contributed by atoms with Crippen molar-refractivity contribution in [2.24, 2.45) is 5.92 Å². The maximum atomic E-state index is 3.58. The molecule has 1 rings (SSSR count). The van der Waals surface area contributed by atoms with Gasteiger partial charge in [0.15, 0.2) is 0 Å². The fraction of sp³-hybridized carbons (Fsp3) is 1.00. The third kappa shape index (κ3) is 9.52. The van der Waals surface area contributed by atoms with Crippen molar-refractivity contribution in [2.45, 2.75) is 97.6 Å². The summed E-state index contributed by atoms with van der Waals surface area (Å²) in [5.74, 6) is 0.807. The van der Waals surface area contributed by atoms with Crippen LogP contribution >= 0.6 is 0 Å². The number of hydrogen-bond acceptors (Lipinski definition) is 2. The van der Waals surface area contributed by atoms with Crippen LogP contribution in [0.25, 0.3) is 0 Å². The van der Waals surface area contributed by atoms with Gasteiger partial charge in [0, 0.05) is 18.1 Å². The van der Waals surface area contributed by atoms with Crippen LogP contribution in [0.4, 0.5) is 0 Å². The normalized spacial score (nSPS) is 17.3. The van der Waals surface area contributed by atoms with Gasteiger partial charge in [-0.1, -0.05) is 39.5 Å². The van der Waals surface area contributed by atoms with Crippen LogP contribution < -0.4 is 5.32 Å². The van der Waals surface area contributed by atoms with E-state index in [-0.39, 0.29) is 5.54 Å². The summed E-state index contributed by atoms with van der Waals surface area (Å²) in [6.45, 7) is 15.3. The molecule has 0 heterocycles. The highest BCUT2D eigenvalue weighted by atomic mass is 15.2. The molecule has 0 radical (unpaired) electrons. The van der Waals surface area contributed by atoms with Gasteiger partial charge in [0.1, 0.15) is 0 Å². The third-order valence-electron chi connectivity index (χ3n) is 4.47. The van der Waals surface area contributed by atoms with Gasteiger partial charge in [-0.3, -0.25) is 0 Å². The van der Waals surface area contributed by atoms with E-state index in [1.54, 1.807) is 0 Å². The Morgan fingerprint density at radius 2 is 1.62 bits per heavy atom. The van der Waals surface area contributed by atoms with Crippen LogP contribution in [0, 0.1) is 5.92 Å². The van der Waals surface area contributed by atoms with Crippen LogP contribution in [0.3, 0.4) is 0 Å². The van der Waals surface area contributed by atoms with Gasteiger partial charge in [0.2, 0.25) is 0 Å². The molecule has 0 aliphatic heterocycles. The highest BCUT2D eigenvalue weighted by molar-refractivity contribution is 4.78. The van der Waals surface area contributed by atoms with E-state index in [1.807, 2.05) is 0 Å². The number of rotatable bonds is 10. The zero-order valence-electron chi connectivity index (χ0n) is 15.4. The molecule has 1 saturated carbocycles. The topological polar surface area (TPSA) is 15.3 Å². The van der Waals surface area contributed by atoms with E-state index in [4.69, 9.17) is 0 Å². The van der Waals surface area contributed by atoms with Gasteiger partial charge in [0.25, 0.3) is 0 Å². The second-order valence-electron chi connectivity index (χ2n) is 8.42. The quantitative estimate of drug-likeness (QED) is 0.581. The first-order chi connectivity index (χ1) is 9.88. The van der Waals surface area contributed by atoms with E-state index in [9.17, 15) is 0 Å². The summed E-state index contributed by atoms with van der Waals surface area (Å²) < 4.78 is 0. The first-order valence-corrected chi connectivity index (χ1v) is 9.37. The predicted molar refractivity (Wildman–Crippen MR) is 94.9 cm³/mol. The molecule has 2 heteroatoms. The molecule has 0 unspecified atom stereocenters. The van der Waals surface area contributed by atoms with Gasteiger partial charge in [-0.15, -0.1) is 0 Å². The SMILES string of the molecule is CC(C)CN(CCCCCCNC(C)(C)C)C1CCCC1. The first-order valence-electron chi connectivity index (χ1n) is 9.37. The Hall–Kier alpha value is -0.0800. The van der Waals surface area contributed by atoms with E-state index in [0.717, 1.165) is 12.0 Å². The summed E-state index contributed by atoms with van der Waals surface area (Å²) in [4.78, 5) is 2.80. The van der Waals surface area contributed by atoms with Crippen molar-refractivity contribution in [3.8, 4) is 0 Å². The number of unbranched alkanes of at least 4 members (excludes halogenated alkanes) is 3. The third-order valence-corrected chi connectivity index (χ3v) is 4.47. The molecule has 1 aliphatic carbocycles. The van der Waals surface area contributed by atoms with Crippen LogP contribution in [0.2, 0.25) is 0 Å². The lowest BCUT2D eigenvalue weighted by Gasteiger charge is -2.30. The molecule has 1 N–H and O–H groups in total. The summed E-state index contributed by atoms with van der Waals surface area (Å²) in [7, 11) is 0. The number of hydrogen-bond donors (Lipinski definition) is 1. The Morgan fingerprint density at radius 3 is 2.19 bits per heavy atom. The molecule has 126 valence electrons. The molecule has 1 fully saturated rings. The van der Waals surface area contributed by atoms with Crippen LogP contribution in [0.15, 0.2) is 0 Å². The van der Waals surface area contributed by atoms with E-state index >= 15 is 0 Å². The lowest BCUT2D eigenvalue weighted by molar-refractivity contribution is 0.173. The van der Waals surface area contributed by atoms with Crippen molar-refractivity contribution in [2.75, 3.05) is 19.6 Å². The highest BCUT2D eigenvalue weighted by Gasteiger charge is 2.22. The zero-order valence-corrected chi connectivity index (χ0v) is 15.4. The van der Waals surface area contributed by atoms with Crippen LogP contribution in [-0.2, 0) is 0 Å². The highest BCUT2D eigenvalue weighted by Crippen LogP contribution is 2.24. The predicted octanol–water partition coefficient (Wildman–Crippen LogP) is 4.84. The van der Waals surface area contributed by atoms with E-state index in [1.165, 1.54) is 71.0 Å². The maximum absolute atomic E-state index is 3.58. The average molecular weight is 297 g/mol. The van der Waals surface area contributed by atoms with E-state index in [2.05, 4.69) is 44.8 Å². The van der Waals surface area contributed by atoms with Crippen molar-refractivity contribution in [1.82, 2.24) is 10.2 Å². The fourth-order valence-electron chi connectivity index (χ4n) is 3.42.